The van der Waals surface area contributed by atoms with Gasteiger partial charge in [0, 0.05) is 17.5 Å². The summed E-state index contributed by atoms with van der Waals surface area (Å²) in [5.41, 5.74) is 0. The molecule has 18 heavy (non-hydrogen) atoms. The first-order chi connectivity index (χ1) is 8.63. The second-order valence-electron chi connectivity index (χ2n) is 4.21. The van der Waals surface area contributed by atoms with Crippen LogP contribution in [0.15, 0.2) is 18.2 Å². The first-order valence-electron chi connectivity index (χ1n) is 6.29. The average Bonchev–Trinajstić information content (AvgIpc) is 2.33. The maximum Gasteiger partial charge on any atom is 0.311 e. The first-order valence-corrected chi connectivity index (χ1v) is 7.04. The van der Waals surface area contributed by atoms with Crippen molar-refractivity contribution < 1.29 is 9.53 Å². The molecular weight excluding hydrogens is 271 g/mol. The molecule has 1 aromatic carbocycles. The second kappa shape index (κ2) is 8.39. The predicted octanol–water partition coefficient (Wildman–Crippen LogP) is 5.26. The van der Waals surface area contributed by atoms with E-state index in [1.807, 2.05) is 0 Å². The zero-order valence-electron chi connectivity index (χ0n) is 10.5. The zero-order chi connectivity index (χ0) is 13.4. The Bertz CT molecular complexity index is 391. The lowest BCUT2D eigenvalue weighted by Gasteiger charge is -2.06. The third-order valence-corrected chi connectivity index (χ3v) is 3.15. The molecular formula is C14H18Cl2O2. The van der Waals surface area contributed by atoms with E-state index in [-0.39, 0.29) is 5.97 Å². The summed E-state index contributed by atoms with van der Waals surface area (Å²) in [6.07, 6.45) is 5.93. The van der Waals surface area contributed by atoms with E-state index in [1.165, 1.54) is 19.3 Å². The molecule has 0 spiro atoms. The fourth-order valence-electron chi connectivity index (χ4n) is 1.60. The molecule has 0 saturated heterocycles. The van der Waals surface area contributed by atoms with Crippen LogP contribution in [-0.2, 0) is 4.79 Å². The third kappa shape index (κ3) is 5.74. The molecule has 0 N–H and O–H groups in total. The van der Waals surface area contributed by atoms with E-state index in [0.717, 1.165) is 12.8 Å². The lowest BCUT2D eigenvalue weighted by atomic mass is 10.1. The van der Waals surface area contributed by atoms with Gasteiger partial charge in [-0.1, -0.05) is 55.8 Å². The molecule has 0 radical (unpaired) electrons. The highest BCUT2D eigenvalue weighted by Gasteiger charge is 2.08. The van der Waals surface area contributed by atoms with Crippen LogP contribution in [0, 0.1) is 0 Å². The van der Waals surface area contributed by atoms with Crippen molar-refractivity contribution in [3.8, 4) is 5.75 Å². The molecule has 0 aliphatic heterocycles. The van der Waals surface area contributed by atoms with Crippen molar-refractivity contribution in [1.29, 1.82) is 0 Å². The number of unbranched alkanes of at least 4 members (excludes halogenated alkanes) is 4. The maximum absolute atomic E-state index is 11.6. The van der Waals surface area contributed by atoms with Gasteiger partial charge in [0.2, 0.25) is 0 Å². The number of ether oxygens (including phenoxy) is 1. The molecule has 4 heteroatoms. The summed E-state index contributed by atoms with van der Waals surface area (Å²) in [4.78, 5) is 11.6. The summed E-state index contributed by atoms with van der Waals surface area (Å²) in [5, 5.41) is 0.906. The predicted molar refractivity (Wildman–Crippen MR) is 75.5 cm³/mol. The topological polar surface area (TPSA) is 26.3 Å². The molecule has 0 bridgehead atoms. The Balaban J connectivity index is 2.33. The van der Waals surface area contributed by atoms with Crippen LogP contribution in [0.5, 0.6) is 5.75 Å². The average molecular weight is 289 g/mol. The molecule has 0 saturated carbocycles. The van der Waals surface area contributed by atoms with Crippen molar-refractivity contribution in [2.24, 2.45) is 0 Å². The Kier molecular flexibility index (Phi) is 7.14. The number of halogens is 2. The molecule has 1 rings (SSSR count). The number of benzene rings is 1. The van der Waals surface area contributed by atoms with Crippen LogP contribution in [0.25, 0.3) is 0 Å². The van der Waals surface area contributed by atoms with Crippen molar-refractivity contribution in [3.05, 3.63) is 28.2 Å². The van der Waals surface area contributed by atoms with Gasteiger partial charge in [0.25, 0.3) is 0 Å². The number of rotatable bonds is 7. The first kappa shape index (κ1) is 15.3. The highest BCUT2D eigenvalue weighted by atomic mass is 35.5. The summed E-state index contributed by atoms with van der Waals surface area (Å²) in [5.74, 6) is 0.0818. The number of hydrogen-bond acceptors (Lipinski definition) is 2. The normalized spacial score (nSPS) is 10.4. The van der Waals surface area contributed by atoms with Crippen LogP contribution >= 0.6 is 23.2 Å². The minimum absolute atomic E-state index is 0.254. The fourth-order valence-corrected chi connectivity index (χ4v) is 1.92. The van der Waals surface area contributed by atoms with E-state index in [9.17, 15) is 4.79 Å². The van der Waals surface area contributed by atoms with Crippen molar-refractivity contribution >= 4 is 29.2 Å². The van der Waals surface area contributed by atoms with E-state index in [0.29, 0.717) is 22.2 Å². The molecule has 0 heterocycles. The van der Waals surface area contributed by atoms with E-state index in [1.54, 1.807) is 18.2 Å². The summed E-state index contributed by atoms with van der Waals surface area (Å²) >= 11 is 11.7. The van der Waals surface area contributed by atoms with Gasteiger partial charge in [-0.3, -0.25) is 4.79 Å². The van der Waals surface area contributed by atoms with E-state index >= 15 is 0 Å². The van der Waals surface area contributed by atoms with Gasteiger partial charge in [0.15, 0.2) is 5.75 Å². The quantitative estimate of drug-likeness (QED) is 0.389. The molecule has 0 fully saturated rings. The van der Waals surface area contributed by atoms with Crippen LogP contribution in [0.4, 0.5) is 0 Å². The number of carbonyl (C=O) groups excluding carboxylic acids is 1. The van der Waals surface area contributed by atoms with Gasteiger partial charge in [0.05, 0.1) is 5.02 Å². The SMILES string of the molecule is CCCCCCCC(=O)Oc1cc(Cl)ccc1Cl. The lowest BCUT2D eigenvalue weighted by Crippen LogP contribution is -2.07. The van der Waals surface area contributed by atoms with Crippen LogP contribution < -0.4 is 4.74 Å². The van der Waals surface area contributed by atoms with Crippen molar-refractivity contribution in [1.82, 2.24) is 0 Å². The Morgan fingerprint density at radius 1 is 1.17 bits per heavy atom. The van der Waals surface area contributed by atoms with Gasteiger partial charge in [0.1, 0.15) is 0 Å². The standard InChI is InChI=1S/C14H18Cl2O2/c1-2-3-4-5-6-7-14(17)18-13-10-11(15)8-9-12(13)16/h8-10H,2-7H2,1H3. The number of esters is 1. The molecule has 2 nitrogen and oxygen atoms in total. The molecule has 0 atom stereocenters. The summed E-state index contributed by atoms with van der Waals surface area (Å²) in [7, 11) is 0. The monoisotopic (exact) mass is 288 g/mol. The third-order valence-electron chi connectivity index (χ3n) is 2.60. The summed E-state index contributed by atoms with van der Waals surface area (Å²) in [6.45, 7) is 2.16. The lowest BCUT2D eigenvalue weighted by molar-refractivity contribution is -0.134. The van der Waals surface area contributed by atoms with Gasteiger partial charge < -0.3 is 4.74 Å². The minimum atomic E-state index is -0.254. The Morgan fingerprint density at radius 2 is 1.89 bits per heavy atom. The Morgan fingerprint density at radius 3 is 2.61 bits per heavy atom. The molecule has 0 aromatic heterocycles. The number of hydrogen-bond donors (Lipinski definition) is 0. The molecule has 0 unspecified atom stereocenters. The smallest absolute Gasteiger partial charge is 0.311 e. The van der Waals surface area contributed by atoms with Gasteiger partial charge >= 0.3 is 5.97 Å². The highest BCUT2D eigenvalue weighted by Crippen LogP contribution is 2.28. The van der Waals surface area contributed by atoms with Gasteiger partial charge in [-0.2, -0.15) is 0 Å². The number of carbonyl (C=O) groups is 1. The van der Waals surface area contributed by atoms with E-state index < -0.39 is 0 Å². The van der Waals surface area contributed by atoms with Gasteiger partial charge in [-0.05, 0) is 18.6 Å². The summed E-state index contributed by atoms with van der Waals surface area (Å²) < 4.78 is 5.18. The van der Waals surface area contributed by atoms with E-state index in [2.05, 4.69) is 6.92 Å². The maximum atomic E-state index is 11.6. The zero-order valence-corrected chi connectivity index (χ0v) is 12.1. The van der Waals surface area contributed by atoms with Crippen LogP contribution in [0.3, 0.4) is 0 Å². The van der Waals surface area contributed by atoms with Crippen LogP contribution in [-0.4, -0.2) is 5.97 Å². The summed E-state index contributed by atoms with van der Waals surface area (Å²) in [6, 6.07) is 4.83. The van der Waals surface area contributed by atoms with Crippen LogP contribution in [0.2, 0.25) is 10.0 Å². The van der Waals surface area contributed by atoms with Gasteiger partial charge in [-0.25, -0.2) is 0 Å². The Labute approximate surface area is 118 Å². The van der Waals surface area contributed by atoms with E-state index in [4.69, 9.17) is 27.9 Å². The van der Waals surface area contributed by atoms with Crippen LogP contribution in [0.1, 0.15) is 45.4 Å². The minimum Gasteiger partial charge on any atom is -0.425 e. The fraction of sp³-hybridized carbons (Fsp3) is 0.500. The Hall–Kier alpha value is -0.730. The van der Waals surface area contributed by atoms with Crippen molar-refractivity contribution in [2.75, 3.05) is 0 Å². The largest absolute Gasteiger partial charge is 0.425 e. The molecule has 0 aliphatic carbocycles. The highest BCUT2D eigenvalue weighted by molar-refractivity contribution is 6.34. The molecule has 100 valence electrons. The molecule has 0 aliphatic rings. The van der Waals surface area contributed by atoms with Gasteiger partial charge in [-0.15, -0.1) is 0 Å². The second-order valence-corrected chi connectivity index (χ2v) is 5.06. The molecule has 0 amide bonds. The van der Waals surface area contributed by atoms with Crippen molar-refractivity contribution in [2.45, 2.75) is 45.4 Å². The van der Waals surface area contributed by atoms with Crippen molar-refractivity contribution in [3.63, 3.8) is 0 Å². The molecule has 1 aromatic rings.